The first-order valence-electron chi connectivity index (χ1n) is 9.67. The molecule has 0 spiro atoms. The Bertz CT molecular complexity index is 1180. The van der Waals surface area contributed by atoms with Gasteiger partial charge in [-0.3, -0.25) is 19.3 Å². The van der Waals surface area contributed by atoms with Crippen LogP contribution in [0.2, 0.25) is 5.02 Å². The second-order valence-electron chi connectivity index (χ2n) is 7.27. The summed E-state index contributed by atoms with van der Waals surface area (Å²) in [6.45, 7) is -0.402. The van der Waals surface area contributed by atoms with Crippen LogP contribution in [-0.2, 0) is 4.79 Å². The third-order valence-corrected chi connectivity index (χ3v) is 5.64. The number of hydrazone groups is 1. The fourth-order valence-electron chi connectivity index (χ4n) is 3.85. The van der Waals surface area contributed by atoms with Gasteiger partial charge in [0.1, 0.15) is 18.3 Å². The molecule has 0 radical (unpaired) electrons. The van der Waals surface area contributed by atoms with Gasteiger partial charge in [-0.25, -0.2) is 5.01 Å². The van der Waals surface area contributed by atoms with Crippen LogP contribution >= 0.6 is 11.6 Å². The molecule has 3 aromatic rings. The van der Waals surface area contributed by atoms with Crippen LogP contribution in [0.1, 0.15) is 44.5 Å². The van der Waals surface area contributed by atoms with E-state index in [0.29, 0.717) is 34.0 Å². The summed E-state index contributed by atoms with van der Waals surface area (Å²) in [4.78, 5) is 39.5. The molecule has 2 aliphatic heterocycles. The molecule has 2 aromatic carbocycles. The fourth-order valence-corrected chi connectivity index (χ4v) is 3.98. The smallest absolute Gasteiger partial charge is 0.263 e. The zero-order valence-electron chi connectivity index (χ0n) is 16.2. The highest BCUT2D eigenvalue weighted by atomic mass is 35.5. The van der Waals surface area contributed by atoms with Gasteiger partial charge < -0.3 is 4.42 Å². The van der Waals surface area contributed by atoms with Gasteiger partial charge in [0.2, 0.25) is 0 Å². The van der Waals surface area contributed by atoms with Crippen molar-refractivity contribution in [2.24, 2.45) is 5.10 Å². The number of fused-ring (bicyclic) bond motifs is 1. The minimum Gasteiger partial charge on any atom is -0.467 e. The molecule has 0 bridgehead atoms. The van der Waals surface area contributed by atoms with Crippen LogP contribution in [0.4, 0.5) is 0 Å². The Morgan fingerprint density at radius 2 is 1.68 bits per heavy atom. The van der Waals surface area contributed by atoms with Crippen molar-refractivity contribution in [2.75, 3.05) is 6.54 Å². The molecule has 1 atom stereocenters. The van der Waals surface area contributed by atoms with Crippen LogP contribution in [0, 0.1) is 0 Å². The van der Waals surface area contributed by atoms with Gasteiger partial charge in [-0.1, -0.05) is 35.9 Å². The standard InChI is InChI=1S/C23H16ClN3O4/c24-15-9-7-14(8-10-15)18-12-19(20-6-3-11-31-20)27(25-18)21(28)13-26-22(29)16-4-1-2-5-17(16)23(26)30/h1-11,19H,12-13H2/t19-/m0/s1. The van der Waals surface area contributed by atoms with Gasteiger partial charge in [0, 0.05) is 11.4 Å². The summed E-state index contributed by atoms with van der Waals surface area (Å²) in [6, 6.07) is 16.7. The number of furan rings is 1. The highest BCUT2D eigenvalue weighted by molar-refractivity contribution is 6.30. The SMILES string of the molecule is O=C1c2ccccc2C(=O)N1CC(=O)N1N=C(c2ccc(Cl)cc2)C[C@H]1c1ccco1. The maximum atomic E-state index is 13.2. The molecule has 0 unspecified atom stereocenters. The Hall–Kier alpha value is -3.71. The molecule has 2 aliphatic rings. The molecule has 154 valence electrons. The lowest BCUT2D eigenvalue weighted by atomic mass is 10.0. The van der Waals surface area contributed by atoms with Crippen molar-refractivity contribution in [2.45, 2.75) is 12.5 Å². The maximum absolute atomic E-state index is 13.2. The molecule has 1 aromatic heterocycles. The number of hydrogen-bond donors (Lipinski definition) is 0. The molecule has 5 rings (SSSR count). The highest BCUT2D eigenvalue weighted by Crippen LogP contribution is 2.34. The first-order valence-corrected chi connectivity index (χ1v) is 10.0. The monoisotopic (exact) mass is 433 g/mol. The number of nitrogens with zero attached hydrogens (tertiary/aromatic N) is 3. The van der Waals surface area contributed by atoms with Crippen LogP contribution in [0.3, 0.4) is 0 Å². The molecule has 3 heterocycles. The molecule has 0 N–H and O–H groups in total. The average molecular weight is 434 g/mol. The number of rotatable bonds is 4. The van der Waals surface area contributed by atoms with E-state index < -0.39 is 30.3 Å². The van der Waals surface area contributed by atoms with Gasteiger partial charge >= 0.3 is 0 Å². The van der Waals surface area contributed by atoms with Gasteiger partial charge in [-0.05, 0) is 42.0 Å². The van der Waals surface area contributed by atoms with Gasteiger partial charge in [0.05, 0.1) is 23.1 Å². The molecule has 0 aliphatic carbocycles. The number of carbonyl (C=O) groups is 3. The van der Waals surface area contributed by atoms with E-state index in [-0.39, 0.29) is 0 Å². The fraction of sp³-hybridized carbons (Fsp3) is 0.130. The molecule has 0 saturated carbocycles. The van der Waals surface area contributed by atoms with Crippen molar-refractivity contribution in [3.63, 3.8) is 0 Å². The first kappa shape index (κ1) is 19.3. The van der Waals surface area contributed by atoms with E-state index in [9.17, 15) is 14.4 Å². The van der Waals surface area contributed by atoms with Crippen LogP contribution in [0.15, 0.2) is 76.4 Å². The Labute approximate surface area is 182 Å². The van der Waals surface area contributed by atoms with E-state index in [1.165, 1.54) is 11.3 Å². The van der Waals surface area contributed by atoms with Crippen LogP contribution in [0.25, 0.3) is 0 Å². The lowest BCUT2D eigenvalue weighted by Gasteiger charge is -2.22. The van der Waals surface area contributed by atoms with E-state index >= 15 is 0 Å². The van der Waals surface area contributed by atoms with Gasteiger partial charge in [-0.2, -0.15) is 5.10 Å². The zero-order valence-corrected chi connectivity index (χ0v) is 17.0. The van der Waals surface area contributed by atoms with E-state index in [4.69, 9.17) is 16.0 Å². The normalized spacial score (nSPS) is 17.8. The molecular formula is C23H16ClN3O4. The van der Waals surface area contributed by atoms with Crippen molar-refractivity contribution in [3.8, 4) is 0 Å². The molecule has 0 fully saturated rings. The largest absolute Gasteiger partial charge is 0.467 e. The molecule has 8 heteroatoms. The number of halogens is 1. The van der Waals surface area contributed by atoms with E-state index in [1.54, 1.807) is 48.5 Å². The number of imide groups is 1. The summed E-state index contributed by atoms with van der Waals surface area (Å²) in [6.07, 6.45) is 1.96. The van der Waals surface area contributed by atoms with E-state index in [2.05, 4.69) is 5.10 Å². The minimum atomic E-state index is -0.482. The van der Waals surface area contributed by atoms with Crippen molar-refractivity contribution < 1.29 is 18.8 Å². The lowest BCUT2D eigenvalue weighted by molar-refractivity contribution is -0.133. The second kappa shape index (κ2) is 7.52. The Kier molecular flexibility index (Phi) is 4.67. The van der Waals surface area contributed by atoms with Gasteiger partial charge in [-0.15, -0.1) is 0 Å². The Morgan fingerprint density at radius 3 is 2.29 bits per heavy atom. The third-order valence-electron chi connectivity index (χ3n) is 5.39. The van der Waals surface area contributed by atoms with Crippen LogP contribution in [-0.4, -0.2) is 39.9 Å². The minimum absolute atomic E-state index is 0.301. The zero-order chi connectivity index (χ0) is 21.5. The Morgan fingerprint density at radius 1 is 1.00 bits per heavy atom. The summed E-state index contributed by atoms with van der Waals surface area (Å²) in [7, 11) is 0. The summed E-state index contributed by atoms with van der Waals surface area (Å²) in [5.41, 5.74) is 2.12. The molecule has 7 nitrogen and oxygen atoms in total. The number of carbonyl (C=O) groups excluding carboxylic acids is 3. The highest BCUT2D eigenvalue weighted by Gasteiger charge is 2.40. The van der Waals surface area contributed by atoms with Gasteiger partial charge in [0.25, 0.3) is 17.7 Å². The lowest BCUT2D eigenvalue weighted by Crippen LogP contribution is -2.41. The summed E-state index contributed by atoms with van der Waals surface area (Å²) < 4.78 is 5.53. The number of amides is 3. The average Bonchev–Trinajstić information content (AvgIpc) is 3.51. The topological polar surface area (TPSA) is 83.2 Å². The predicted molar refractivity (Wildman–Crippen MR) is 113 cm³/mol. The van der Waals surface area contributed by atoms with Crippen molar-refractivity contribution in [3.05, 3.63) is 94.4 Å². The molecule has 31 heavy (non-hydrogen) atoms. The van der Waals surface area contributed by atoms with Crippen molar-refractivity contribution in [1.29, 1.82) is 0 Å². The summed E-state index contributed by atoms with van der Waals surface area (Å²) in [5, 5.41) is 6.41. The van der Waals surface area contributed by atoms with Crippen molar-refractivity contribution in [1.82, 2.24) is 9.91 Å². The van der Waals surface area contributed by atoms with E-state index in [0.717, 1.165) is 10.5 Å². The second-order valence-corrected chi connectivity index (χ2v) is 7.71. The van der Waals surface area contributed by atoms with Crippen LogP contribution < -0.4 is 0 Å². The van der Waals surface area contributed by atoms with Crippen molar-refractivity contribution >= 4 is 35.0 Å². The van der Waals surface area contributed by atoms with Gasteiger partial charge in [0.15, 0.2) is 0 Å². The summed E-state index contributed by atoms with van der Waals surface area (Å²) >= 11 is 5.98. The summed E-state index contributed by atoms with van der Waals surface area (Å²) in [5.74, 6) is -0.863. The molecular weight excluding hydrogens is 418 g/mol. The molecule has 0 saturated heterocycles. The molecule has 3 amide bonds. The third kappa shape index (κ3) is 3.33. The quantitative estimate of drug-likeness (QED) is 0.584. The van der Waals surface area contributed by atoms with Crippen LogP contribution in [0.5, 0.6) is 0 Å². The maximum Gasteiger partial charge on any atom is 0.263 e. The number of benzene rings is 2. The predicted octanol–water partition coefficient (Wildman–Crippen LogP) is 3.91. The number of hydrogen-bond acceptors (Lipinski definition) is 5. The van der Waals surface area contributed by atoms with E-state index in [1.807, 2.05) is 12.1 Å². The Balaban J connectivity index is 1.43. The first-order chi connectivity index (χ1) is 15.0.